The first-order valence-electron chi connectivity index (χ1n) is 3.24. The Bertz CT molecular complexity index is 102. The van der Waals surface area contributed by atoms with Crippen LogP contribution in [0.4, 0.5) is 0 Å². The Labute approximate surface area is 56.2 Å². The van der Waals surface area contributed by atoms with Crippen LogP contribution in [-0.2, 0) is 9.47 Å². The van der Waals surface area contributed by atoms with Crippen LogP contribution in [0.1, 0.15) is 27.7 Å². The fraction of sp³-hybridized carbons (Fsp3) is 1.00. The second-order valence-corrected chi connectivity index (χ2v) is 3.43. The van der Waals surface area contributed by atoms with Crippen LogP contribution in [0.25, 0.3) is 0 Å². The topological polar surface area (TPSA) is 18.5 Å². The van der Waals surface area contributed by atoms with Crippen molar-refractivity contribution in [3.63, 3.8) is 0 Å². The van der Waals surface area contributed by atoms with Gasteiger partial charge in [0.1, 0.15) is 6.79 Å². The van der Waals surface area contributed by atoms with Crippen molar-refractivity contribution in [2.45, 2.75) is 38.9 Å². The van der Waals surface area contributed by atoms with Crippen LogP contribution >= 0.6 is 0 Å². The van der Waals surface area contributed by atoms with Crippen LogP contribution in [0.15, 0.2) is 0 Å². The molecule has 1 rings (SSSR count). The molecule has 0 bridgehead atoms. The van der Waals surface area contributed by atoms with Crippen molar-refractivity contribution in [2.24, 2.45) is 0 Å². The summed E-state index contributed by atoms with van der Waals surface area (Å²) in [5.41, 5.74) is -0.264. The third-order valence-electron chi connectivity index (χ3n) is 2.29. The molecule has 2 heteroatoms. The number of rotatable bonds is 0. The summed E-state index contributed by atoms with van der Waals surface area (Å²) in [5, 5.41) is 0. The Morgan fingerprint density at radius 1 is 0.889 bits per heavy atom. The Morgan fingerprint density at radius 2 is 1.22 bits per heavy atom. The van der Waals surface area contributed by atoms with Crippen LogP contribution in [0.3, 0.4) is 0 Å². The Kier molecular flexibility index (Phi) is 1.33. The van der Waals surface area contributed by atoms with Gasteiger partial charge in [0.15, 0.2) is 0 Å². The van der Waals surface area contributed by atoms with Gasteiger partial charge in [0.2, 0.25) is 0 Å². The molecule has 0 aromatic heterocycles. The van der Waals surface area contributed by atoms with E-state index < -0.39 is 0 Å². The van der Waals surface area contributed by atoms with Crippen molar-refractivity contribution in [3.05, 3.63) is 0 Å². The molecule has 1 aliphatic heterocycles. The monoisotopic (exact) mass is 130 g/mol. The molecule has 0 aromatic rings. The molecule has 1 aliphatic rings. The normalized spacial score (nSPS) is 30.7. The van der Waals surface area contributed by atoms with Gasteiger partial charge in [0, 0.05) is 0 Å². The van der Waals surface area contributed by atoms with Gasteiger partial charge in [-0.15, -0.1) is 0 Å². The van der Waals surface area contributed by atoms with Gasteiger partial charge in [-0.25, -0.2) is 0 Å². The number of hydrogen-bond acceptors (Lipinski definition) is 2. The highest BCUT2D eigenvalue weighted by Gasteiger charge is 2.44. The first-order valence-corrected chi connectivity index (χ1v) is 3.24. The molecule has 0 amide bonds. The summed E-state index contributed by atoms with van der Waals surface area (Å²) in [5.74, 6) is 0. The van der Waals surface area contributed by atoms with E-state index in [1.54, 1.807) is 0 Å². The lowest BCUT2D eigenvalue weighted by molar-refractivity contribution is 0.00578. The largest absolute Gasteiger partial charge is 0.347 e. The molecule has 1 fully saturated rings. The molecule has 54 valence electrons. The van der Waals surface area contributed by atoms with Crippen LogP contribution in [0.5, 0.6) is 0 Å². The highest BCUT2D eigenvalue weighted by molar-refractivity contribution is 4.91. The van der Waals surface area contributed by atoms with Gasteiger partial charge in [-0.2, -0.15) is 0 Å². The Hall–Kier alpha value is -0.0800. The van der Waals surface area contributed by atoms with Gasteiger partial charge in [0.25, 0.3) is 0 Å². The second kappa shape index (κ2) is 1.70. The first-order chi connectivity index (χ1) is 3.96. The molecule has 0 unspecified atom stereocenters. The van der Waals surface area contributed by atoms with E-state index >= 15 is 0 Å². The maximum absolute atomic E-state index is 5.33. The zero-order valence-corrected chi connectivity index (χ0v) is 6.52. The van der Waals surface area contributed by atoms with E-state index in [0.717, 1.165) is 0 Å². The van der Waals surface area contributed by atoms with E-state index in [4.69, 9.17) is 9.47 Å². The zero-order chi connectivity index (χ0) is 7.12. The standard InChI is InChI=1S/C7H14O2/c1-6(2)7(3,4)9-5-8-6/h5H2,1-4H3. The van der Waals surface area contributed by atoms with Gasteiger partial charge in [-0.05, 0) is 27.7 Å². The maximum Gasteiger partial charge on any atom is 0.148 e. The lowest BCUT2D eigenvalue weighted by Gasteiger charge is -2.30. The van der Waals surface area contributed by atoms with Crippen molar-refractivity contribution in [1.82, 2.24) is 0 Å². The lowest BCUT2D eigenvalue weighted by atomic mass is 9.90. The van der Waals surface area contributed by atoms with Crippen LogP contribution in [0.2, 0.25) is 0 Å². The van der Waals surface area contributed by atoms with E-state index in [2.05, 4.69) is 0 Å². The van der Waals surface area contributed by atoms with E-state index in [-0.39, 0.29) is 11.2 Å². The molecule has 0 saturated carbocycles. The number of hydrogen-bond donors (Lipinski definition) is 0. The summed E-state index contributed by atoms with van der Waals surface area (Å²) in [6.07, 6.45) is 0. The van der Waals surface area contributed by atoms with E-state index in [9.17, 15) is 0 Å². The molecule has 0 atom stereocenters. The average Bonchev–Trinajstić information content (AvgIpc) is 1.81. The first kappa shape index (κ1) is 7.03. The van der Waals surface area contributed by atoms with Crippen LogP contribution in [-0.4, -0.2) is 18.0 Å². The fourth-order valence-corrected chi connectivity index (χ4v) is 0.672. The molecule has 0 radical (unpaired) electrons. The van der Waals surface area contributed by atoms with E-state index in [0.29, 0.717) is 6.79 Å². The van der Waals surface area contributed by atoms with Crippen molar-refractivity contribution >= 4 is 0 Å². The average molecular weight is 130 g/mol. The SMILES string of the molecule is CC1(C)OCOC1(C)C. The minimum absolute atomic E-state index is 0.132. The van der Waals surface area contributed by atoms with E-state index in [1.165, 1.54) is 0 Å². The molecular formula is C7H14O2. The predicted octanol–water partition coefficient (Wildman–Crippen LogP) is 1.55. The van der Waals surface area contributed by atoms with Crippen molar-refractivity contribution < 1.29 is 9.47 Å². The van der Waals surface area contributed by atoms with Crippen molar-refractivity contribution in [3.8, 4) is 0 Å². The highest BCUT2D eigenvalue weighted by atomic mass is 16.7. The molecule has 1 saturated heterocycles. The number of ether oxygens (including phenoxy) is 2. The maximum atomic E-state index is 5.33. The minimum atomic E-state index is -0.132. The smallest absolute Gasteiger partial charge is 0.148 e. The zero-order valence-electron chi connectivity index (χ0n) is 6.52. The molecule has 0 N–H and O–H groups in total. The Balaban J connectivity index is 2.75. The molecule has 2 nitrogen and oxygen atoms in total. The molecule has 0 spiro atoms. The summed E-state index contributed by atoms with van der Waals surface area (Å²) >= 11 is 0. The summed E-state index contributed by atoms with van der Waals surface area (Å²) in [6.45, 7) is 8.60. The van der Waals surface area contributed by atoms with Crippen molar-refractivity contribution in [2.75, 3.05) is 6.79 Å². The van der Waals surface area contributed by atoms with Gasteiger partial charge in [0.05, 0.1) is 11.2 Å². The Morgan fingerprint density at radius 3 is 1.33 bits per heavy atom. The lowest BCUT2D eigenvalue weighted by Crippen LogP contribution is -2.41. The summed E-state index contributed by atoms with van der Waals surface area (Å²) in [4.78, 5) is 0. The van der Waals surface area contributed by atoms with Gasteiger partial charge in [-0.1, -0.05) is 0 Å². The molecule has 9 heavy (non-hydrogen) atoms. The minimum Gasteiger partial charge on any atom is -0.347 e. The van der Waals surface area contributed by atoms with Gasteiger partial charge in [-0.3, -0.25) is 0 Å². The van der Waals surface area contributed by atoms with E-state index in [1.807, 2.05) is 27.7 Å². The third kappa shape index (κ3) is 0.970. The van der Waals surface area contributed by atoms with Gasteiger partial charge >= 0.3 is 0 Å². The summed E-state index contributed by atoms with van der Waals surface area (Å²) in [6, 6.07) is 0. The van der Waals surface area contributed by atoms with Crippen LogP contribution in [0, 0.1) is 0 Å². The quantitative estimate of drug-likeness (QED) is 0.495. The summed E-state index contributed by atoms with van der Waals surface area (Å²) < 4.78 is 10.7. The second-order valence-electron chi connectivity index (χ2n) is 3.43. The highest BCUT2D eigenvalue weighted by Crippen LogP contribution is 2.34. The van der Waals surface area contributed by atoms with Crippen LogP contribution < -0.4 is 0 Å². The molecule has 1 heterocycles. The van der Waals surface area contributed by atoms with Gasteiger partial charge < -0.3 is 9.47 Å². The summed E-state index contributed by atoms with van der Waals surface area (Å²) in [7, 11) is 0. The molecule has 0 aliphatic carbocycles. The third-order valence-corrected chi connectivity index (χ3v) is 2.29. The predicted molar refractivity (Wildman–Crippen MR) is 35.2 cm³/mol. The molecular weight excluding hydrogens is 116 g/mol. The van der Waals surface area contributed by atoms with Crippen molar-refractivity contribution in [1.29, 1.82) is 0 Å². The molecule has 0 aromatic carbocycles. The fourth-order valence-electron chi connectivity index (χ4n) is 0.672.